The number of rotatable bonds is 2. The second-order valence-corrected chi connectivity index (χ2v) is 5.56. The summed E-state index contributed by atoms with van der Waals surface area (Å²) < 4.78 is 1.69. The Balaban J connectivity index is 2.17. The van der Waals surface area contributed by atoms with Gasteiger partial charge >= 0.3 is 0 Å². The molecule has 3 aromatic rings. The Morgan fingerprint density at radius 2 is 2.16 bits per heavy atom. The minimum absolute atomic E-state index is 0.0565. The van der Waals surface area contributed by atoms with Crippen molar-refractivity contribution in [1.29, 1.82) is 0 Å². The van der Waals surface area contributed by atoms with Gasteiger partial charge in [-0.3, -0.25) is 14.3 Å². The first-order chi connectivity index (χ1) is 9.04. The molecule has 0 saturated heterocycles. The zero-order valence-electron chi connectivity index (χ0n) is 10.2. The number of H-pyrrole nitrogens is 1. The van der Waals surface area contributed by atoms with Crippen LogP contribution in [0.4, 0.5) is 11.9 Å². The summed E-state index contributed by atoms with van der Waals surface area (Å²) in [5.74, 6) is 0.311. The molecule has 0 aliphatic carbocycles. The molecular weight excluding hydrogens is 264 g/mol. The lowest BCUT2D eigenvalue weighted by molar-refractivity contribution is 0.840. The number of aryl methyl sites for hydroxylation is 1. The highest BCUT2D eigenvalue weighted by molar-refractivity contribution is 7.11. The molecule has 0 aromatic carbocycles. The Bertz CT molecular complexity index is 814. The molecule has 0 bridgehead atoms. The third-order valence-electron chi connectivity index (χ3n) is 2.76. The fourth-order valence-corrected chi connectivity index (χ4v) is 2.81. The molecule has 19 heavy (non-hydrogen) atoms. The summed E-state index contributed by atoms with van der Waals surface area (Å²) in [6.45, 7) is 2.56. The standard InChI is InChI=1S/C11H12N6OS/c1-5-2-3-6(19-5)4-17-8-7(14-11(17)13)9(18)16-10(12)15-8/h2-3H,4H2,1H3,(H2,13,14)(H3,12,15,16,18). The molecule has 0 aliphatic heterocycles. The van der Waals surface area contributed by atoms with Crippen LogP contribution in [0.15, 0.2) is 16.9 Å². The molecule has 5 N–H and O–H groups in total. The number of nitrogens with two attached hydrogens (primary N) is 2. The molecular formula is C11H12N6OS. The van der Waals surface area contributed by atoms with Gasteiger partial charge in [0.05, 0.1) is 6.54 Å². The average molecular weight is 276 g/mol. The van der Waals surface area contributed by atoms with Crippen LogP contribution in [0.1, 0.15) is 9.75 Å². The van der Waals surface area contributed by atoms with Crippen molar-refractivity contribution in [1.82, 2.24) is 19.5 Å². The van der Waals surface area contributed by atoms with Crippen LogP contribution in [-0.4, -0.2) is 19.5 Å². The Morgan fingerprint density at radius 3 is 2.84 bits per heavy atom. The van der Waals surface area contributed by atoms with Crippen LogP contribution in [0.3, 0.4) is 0 Å². The fourth-order valence-electron chi connectivity index (χ4n) is 1.93. The molecule has 0 fully saturated rings. The van der Waals surface area contributed by atoms with E-state index < -0.39 is 0 Å². The van der Waals surface area contributed by atoms with Gasteiger partial charge in [0, 0.05) is 9.75 Å². The summed E-state index contributed by atoms with van der Waals surface area (Å²) in [6, 6.07) is 4.05. The summed E-state index contributed by atoms with van der Waals surface area (Å²) in [7, 11) is 0. The normalized spacial score (nSPS) is 11.2. The van der Waals surface area contributed by atoms with Crippen molar-refractivity contribution < 1.29 is 0 Å². The highest BCUT2D eigenvalue weighted by atomic mass is 32.1. The van der Waals surface area contributed by atoms with Gasteiger partial charge in [0.25, 0.3) is 5.56 Å². The second kappa shape index (κ2) is 4.09. The van der Waals surface area contributed by atoms with Gasteiger partial charge in [-0.25, -0.2) is 4.98 Å². The first-order valence-electron chi connectivity index (χ1n) is 5.61. The number of aromatic amines is 1. The molecule has 0 amide bonds. The zero-order chi connectivity index (χ0) is 13.6. The molecule has 98 valence electrons. The number of hydrogen-bond acceptors (Lipinski definition) is 6. The van der Waals surface area contributed by atoms with E-state index >= 15 is 0 Å². The van der Waals surface area contributed by atoms with Crippen LogP contribution >= 0.6 is 11.3 Å². The number of imidazole rings is 1. The molecule has 0 aliphatic rings. The van der Waals surface area contributed by atoms with Crippen LogP contribution in [0.5, 0.6) is 0 Å². The van der Waals surface area contributed by atoms with Crippen LogP contribution in [-0.2, 0) is 6.54 Å². The van der Waals surface area contributed by atoms with Crippen LogP contribution in [0.25, 0.3) is 11.2 Å². The predicted octanol–water partition coefficient (Wildman–Crippen LogP) is 0.702. The third-order valence-corrected chi connectivity index (χ3v) is 3.75. The quantitative estimate of drug-likeness (QED) is 0.637. The first kappa shape index (κ1) is 11.7. The maximum atomic E-state index is 11.7. The number of nitrogens with zero attached hydrogens (tertiary/aromatic N) is 3. The van der Waals surface area contributed by atoms with E-state index in [1.807, 2.05) is 19.1 Å². The molecule has 0 atom stereocenters. The van der Waals surface area contributed by atoms with E-state index in [0.717, 1.165) is 4.88 Å². The number of hydrogen-bond donors (Lipinski definition) is 3. The third kappa shape index (κ3) is 1.95. The number of anilines is 2. The summed E-state index contributed by atoms with van der Waals surface area (Å²) in [4.78, 5) is 24.6. The number of nitrogen functional groups attached to an aromatic ring is 2. The van der Waals surface area contributed by atoms with Crippen molar-refractivity contribution in [3.8, 4) is 0 Å². The van der Waals surface area contributed by atoms with Crippen molar-refractivity contribution in [3.05, 3.63) is 32.2 Å². The smallest absolute Gasteiger partial charge is 0.280 e. The second-order valence-electron chi connectivity index (χ2n) is 4.19. The monoisotopic (exact) mass is 276 g/mol. The van der Waals surface area contributed by atoms with Crippen LogP contribution in [0, 0.1) is 6.92 Å². The van der Waals surface area contributed by atoms with Gasteiger partial charge < -0.3 is 11.5 Å². The van der Waals surface area contributed by atoms with E-state index in [0.29, 0.717) is 12.2 Å². The first-order valence-corrected chi connectivity index (χ1v) is 6.43. The molecule has 3 rings (SSSR count). The molecule has 3 aromatic heterocycles. The van der Waals surface area contributed by atoms with Gasteiger partial charge in [-0.1, -0.05) is 0 Å². The molecule has 3 heterocycles. The molecule has 7 nitrogen and oxygen atoms in total. The molecule has 8 heteroatoms. The van der Waals surface area contributed by atoms with Crippen LogP contribution in [0.2, 0.25) is 0 Å². The SMILES string of the molecule is Cc1ccc(Cn2c(N)nc3c(=O)[nH]c(N)nc32)s1. The zero-order valence-corrected chi connectivity index (χ0v) is 11.0. The summed E-state index contributed by atoms with van der Waals surface area (Å²) in [5.41, 5.74) is 11.6. The van der Waals surface area contributed by atoms with E-state index in [1.54, 1.807) is 15.9 Å². The van der Waals surface area contributed by atoms with Crippen molar-refractivity contribution in [2.75, 3.05) is 11.5 Å². The van der Waals surface area contributed by atoms with Crippen molar-refractivity contribution in [3.63, 3.8) is 0 Å². The van der Waals surface area contributed by atoms with E-state index in [2.05, 4.69) is 15.0 Å². The molecule has 0 unspecified atom stereocenters. The maximum Gasteiger partial charge on any atom is 0.280 e. The Hall–Kier alpha value is -2.35. The van der Waals surface area contributed by atoms with Gasteiger partial charge in [0.15, 0.2) is 11.2 Å². The van der Waals surface area contributed by atoms with Crippen molar-refractivity contribution in [2.45, 2.75) is 13.5 Å². The van der Waals surface area contributed by atoms with E-state index in [4.69, 9.17) is 11.5 Å². The number of aromatic nitrogens is 4. The van der Waals surface area contributed by atoms with E-state index in [1.165, 1.54) is 4.88 Å². The summed E-state index contributed by atoms with van der Waals surface area (Å²) in [6.07, 6.45) is 0. The molecule has 0 radical (unpaired) electrons. The Labute approximate surface area is 111 Å². The lowest BCUT2D eigenvalue weighted by Crippen LogP contribution is -2.12. The fraction of sp³-hybridized carbons (Fsp3) is 0.182. The van der Waals surface area contributed by atoms with Gasteiger partial charge in [-0.2, -0.15) is 4.98 Å². The average Bonchev–Trinajstić information content (AvgIpc) is 2.87. The number of nitrogens with one attached hydrogen (secondary N) is 1. The Kier molecular flexibility index (Phi) is 2.53. The topological polar surface area (TPSA) is 116 Å². The van der Waals surface area contributed by atoms with E-state index in [9.17, 15) is 4.79 Å². The van der Waals surface area contributed by atoms with E-state index in [-0.39, 0.29) is 23.0 Å². The van der Waals surface area contributed by atoms with Gasteiger partial charge in [0.2, 0.25) is 11.9 Å². The minimum atomic E-state index is -0.379. The minimum Gasteiger partial charge on any atom is -0.369 e. The lowest BCUT2D eigenvalue weighted by atomic mass is 10.4. The molecule has 0 saturated carbocycles. The summed E-state index contributed by atoms with van der Waals surface area (Å²) >= 11 is 1.66. The summed E-state index contributed by atoms with van der Waals surface area (Å²) in [5, 5.41) is 0. The largest absolute Gasteiger partial charge is 0.369 e. The Morgan fingerprint density at radius 1 is 1.37 bits per heavy atom. The lowest BCUT2D eigenvalue weighted by Gasteiger charge is -2.03. The highest BCUT2D eigenvalue weighted by Gasteiger charge is 2.14. The van der Waals surface area contributed by atoms with Crippen LogP contribution < -0.4 is 17.0 Å². The highest BCUT2D eigenvalue weighted by Crippen LogP contribution is 2.20. The van der Waals surface area contributed by atoms with Gasteiger partial charge in [-0.15, -0.1) is 11.3 Å². The molecule has 0 spiro atoms. The van der Waals surface area contributed by atoms with Crippen molar-refractivity contribution >= 4 is 34.4 Å². The van der Waals surface area contributed by atoms with Crippen molar-refractivity contribution in [2.24, 2.45) is 0 Å². The number of fused-ring (bicyclic) bond motifs is 1. The predicted molar refractivity (Wildman–Crippen MR) is 75.1 cm³/mol. The van der Waals surface area contributed by atoms with Gasteiger partial charge in [0.1, 0.15) is 0 Å². The number of thiophene rings is 1. The van der Waals surface area contributed by atoms with Gasteiger partial charge in [-0.05, 0) is 19.1 Å². The maximum absolute atomic E-state index is 11.7.